The van der Waals surface area contributed by atoms with Crippen molar-refractivity contribution in [2.45, 2.75) is 32.1 Å². The van der Waals surface area contributed by atoms with Crippen LogP contribution in [0.25, 0.3) is 28.2 Å². The van der Waals surface area contributed by atoms with Crippen molar-refractivity contribution in [2.24, 2.45) is 0 Å². The number of ketones is 1. The SMILES string of the molecule is O=C(Cc1ccc(O)cc1)Cc1ncc(-c2ccc(O)cc2)nc1Cc1ccccc1.Oc1ccc(Cc2nc3c(Cc4ccccc4)nc(-c4ccc(O)cc4)cn3c2O)cc1. The highest BCUT2D eigenvalue weighted by molar-refractivity contribution is 5.83. The van der Waals surface area contributed by atoms with Gasteiger partial charge >= 0.3 is 0 Å². The third-order valence-electron chi connectivity index (χ3n) is 10.4. The average Bonchev–Trinajstić information content (AvgIpc) is 3.61. The third kappa shape index (κ3) is 10.5. The highest BCUT2D eigenvalue weighted by Gasteiger charge is 2.19. The first-order valence-electron chi connectivity index (χ1n) is 20.3. The summed E-state index contributed by atoms with van der Waals surface area (Å²) in [7, 11) is 0. The molecule has 6 aromatic carbocycles. The molecule has 0 aliphatic carbocycles. The van der Waals surface area contributed by atoms with Crippen LogP contribution in [-0.4, -0.2) is 55.7 Å². The second-order valence-electron chi connectivity index (χ2n) is 15.1. The molecule has 9 aromatic rings. The summed E-state index contributed by atoms with van der Waals surface area (Å²) in [4.78, 5) is 31.7. The van der Waals surface area contributed by atoms with E-state index in [1.54, 1.807) is 102 Å². The summed E-state index contributed by atoms with van der Waals surface area (Å²) in [6, 6.07) is 47.1. The molecule has 11 heteroatoms. The molecule has 0 atom stereocenters. The van der Waals surface area contributed by atoms with Crippen molar-refractivity contribution < 1.29 is 30.3 Å². The molecule has 312 valence electrons. The van der Waals surface area contributed by atoms with Crippen LogP contribution in [0.15, 0.2) is 170 Å². The Kier molecular flexibility index (Phi) is 12.5. The fraction of sp³-hybridized carbons (Fsp3) is 0.0962. The van der Waals surface area contributed by atoms with Crippen molar-refractivity contribution in [3.8, 4) is 51.4 Å². The van der Waals surface area contributed by atoms with Crippen LogP contribution in [0.5, 0.6) is 28.9 Å². The van der Waals surface area contributed by atoms with Crippen molar-refractivity contribution in [3.05, 3.63) is 215 Å². The molecule has 9 rings (SSSR count). The number of carbonyl (C=O) groups is 1. The number of hydrogen-bond donors (Lipinski definition) is 5. The first-order chi connectivity index (χ1) is 30.6. The summed E-state index contributed by atoms with van der Waals surface area (Å²) < 4.78 is 1.67. The van der Waals surface area contributed by atoms with Crippen LogP contribution < -0.4 is 0 Å². The Hall–Kier alpha value is -8.31. The summed E-state index contributed by atoms with van der Waals surface area (Å²) in [5, 5.41) is 49.1. The second-order valence-corrected chi connectivity index (χ2v) is 15.1. The van der Waals surface area contributed by atoms with E-state index in [0.717, 1.165) is 44.8 Å². The van der Waals surface area contributed by atoms with Gasteiger partial charge in [-0.2, -0.15) is 0 Å². The number of benzene rings is 6. The molecule has 0 radical (unpaired) electrons. The number of nitrogens with zero attached hydrogens (tertiary/aromatic N) is 5. The molecule has 5 N–H and O–H groups in total. The van der Waals surface area contributed by atoms with Crippen LogP contribution in [0.1, 0.15) is 45.0 Å². The fourth-order valence-corrected chi connectivity index (χ4v) is 7.14. The highest BCUT2D eigenvalue weighted by Crippen LogP contribution is 2.30. The topological polar surface area (TPSA) is 174 Å². The van der Waals surface area contributed by atoms with E-state index in [4.69, 9.17) is 15.0 Å². The number of carbonyl (C=O) groups excluding carboxylic acids is 1. The number of phenols is 4. The number of Topliss-reactive ketones (excluding diaryl/α,β-unsaturated/α-hetero) is 1. The minimum Gasteiger partial charge on any atom is -0.508 e. The zero-order valence-electron chi connectivity index (χ0n) is 34.1. The number of fused-ring (bicyclic) bond motifs is 1. The van der Waals surface area contributed by atoms with E-state index in [2.05, 4.69) is 4.98 Å². The largest absolute Gasteiger partial charge is 0.508 e. The van der Waals surface area contributed by atoms with Crippen LogP contribution in [0.3, 0.4) is 0 Å². The first kappa shape index (κ1) is 41.4. The smallest absolute Gasteiger partial charge is 0.219 e. The van der Waals surface area contributed by atoms with Crippen LogP contribution in [-0.2, 0) is 36.9 Å². The maximum absolute atomic E-state index is 12.7. The van der Waals surface area contributed by atoms with Gasteiger partial charge in [0.2, 0.25) is 5.88 Å². The molecule has 3 heterocycles. The van der Waals surface area contributed by atoms with Gasteiger partial charge in [-0.1, -0.05) is 84.9 Å². The molecule has 0 bridgehead atoms. The lowest BCUT2D eigenvalue weighted by Gasteiger charge is -2.11. The molecule has 63 heavy (non-hydrogen) atoms. The summed E-state index contributed by atoms with van der Waals surface area (Å²) in [6.07, 6.45) is 5.45. The zero-order valence-corrected chi connectivity index (χ0v) is 34.1. The lowest BCUT2D eigenvalue weighted by atomic mass is 10.0. The normalized spacial score (nSPS) is 10.9. The number of aromatic nitrogens is 5. The van der Waals surface area contributed by atoms with E-state index < -0.39 is 0 Å². The van der Waals surface area contributed by atoms with Crippen LogP contribution in [0, 0.1) is 0 Å². The molecule has 0 unspecified atom stereocenters. The van der Waals surface area contributed by atoms with Gasteiger partial charge in [0, 0.05) is 43.0 Å². The first-order valence-corrected chi connectivity index (χ1v) is 20.3. The highest BCUT2D eigenvalue weighted by atomic mass is 16.3. The van der Waals surface area contributed by atoms with Gasteiger partial charge in [-0.25, -0.2) is 15.0 Å². The Bertz CT molecular complexity index is 2960. The number of phenolic OH excluding ortho intramolecular Hbond substituents is 4. The average molecular weight is 834 g/mol. The maximum Gasteiger partial charge on any atom is 0.219 e. The molecule has 0 saturated heterocycles. The Morgan fingerprint density at radius 2 is 0.873 bits per heavy atom. The van der Waals surface area contributed by atoms with Crippen LogP contribution in [0.2, 0.25) is 0 Å². The van der Waals surface area contributed by atoms with Gasteiger partial charge in [-0.15, -0.1) is 0 Å². The molecular weight excluding hydrogens is 791 g/mol. The lowest BCUT2D eigenvalue weighted by Crippen LogP contribution is -2.12. The molecule has 3 aromatic heterocycles. The Balaban J connectivity index is 0.000000173. The number of imidazole rings is 1. The van der Waals surface area contributed by atoms with Gasteiger partial charge in [0.25, 0.3) is 0 Å². The van der Waals surface area contributed by atoms with Crippen molar-refractivity contribution in [2.75, 3.05) is 0 Å². The van der Waals surface area contributed by atoms with Crippen molar-refractivity contribution in [1.82, 2.24) is 24.3 Å². The monoisotopic (exact) mass is 833 g/mol. The molecule has 0 spiro atoms. The van der Waals surface area contributed by atoms with E-state index >= 15 is 0 Å². The van der Waals surface area contributed by atoms with Gasteiger partial charge in [0.05, 0.1) is 41.1 Å². The fourth-order valence-electron chi connectivity index (χ4n) is 7.14. The third-order valence-corrected chi connectivity index (χ3v) is 10.4. The molecule has 0 amide bonds. The van der Waals surface area contributed by atoms with E-state index in [-0.39, 0.29) is 47.5 Å². The number of aromatic hydroxyl groups is 5. The van der Waals surface area contributed by atoms with Crippen molar-refractivity contribution in [3.63, 3.8) is 0 Å². The van der Waals surface area contributed by atoms with E-state index in [1.165, 1.54) is 0 Å². The standard InChI is InChI=1S/C26H21N3O3.C26H22N2O3/c30-20-10-6-18(7-11-20)15-23-26(32)29-16-24(19-8-12-21(31)13-9-19)27-22(25(29)28-23)14-17-4-2-1-3-5-17;29-21-10-6-19(7-11-21)14-23(31)16-24-25(15-18-4-2-1-3-5-18)28-26(17-27-24)20-8-12-22(30)13-9-20/h1-13,16,30-32H,14-15H2;1-13,17,29-30H,14-16H2. The minimum absolute atomic E-state index is 0.0340. The van der Waals surface area contributed by atoms with Gasteiger partial charge in [-0.05, 0) is 95.1 Å². The number of rotatable bonds is 12. The Morgan fingerprint density at radius 3 is 1.43 bits per heavy atom. The predicted molar refractivity (Wildman–Crippen MR) is 241 cm³/mol. The van der Waals surface area contributed by atoms with E-state index in [9.17, 15) is 30.3 Å². The molecule has 0 aliphatic rings. The summed E-state index contributed by atoms with van der Waals surface area (Å²) >= 11 is 0. The molecule has 0 aliphatic heterocycles. The molecule has 11 nitrogen and oxygen atoms in total. The summed E-state index contributed by atoms with van der Waals surface area (Å²) in [6.45, 7) is 0. The lowest BCUT2D eigenvalue weighted by molar-refractivity contribution is -0.117. The van der Waals surface area contributed by atoms with Gasteiger partial charge in [0.15, 0.2) is 5.65 Å². The van der Waals surface area contributed by atoms with Gasteiger partial charge < -0.3 is 25.5 Å². The van der Waals surface area contributed by atoms with Crippen molar-refractivity contribution >= 4 is 11.4 Å². The number of hydrogen-bond acceptors (Lipinski definition) is 10. The zero-order chi connectivity index (χ0) is 43.7. The van der Waals surface area contributed by atoms with Gasteiger partial charge in [-0.3, -0.25) is 14.2 Å². The summed E-state index contributed by atoms with van der Waals surface area (Å²) in [5.41, 5.74) is 10.3. The van der Waals surface area contributed by atoms with Crippen molar-refractivity contribution in [1.29, 1.82) is 0 Å². The molecule has 0 fully saturated rings. The maximum atomic E-state index is 12.7. The second kappa shape index (κ2) is 18.9. The van der Waals surface area contributed by atoms with E-state index in [1.807, 2.05) is 72.8 Å². The van der Waals surface area contributed by atoms with Gasteiger partial charge in [0.1, 0.15) is 34.5 Å². The van der Waals surface area contributed by atoms with E-state index in [0.29, 0.717) is 47.7 Å². The minimum atomic E-state index is 0.0340. The molecular formula is C52H43N5O6. The summed E-state index contributed by atoms with van der Waals surface area (Å²) in [5.74, 6) is 0.841. The quantitative estimate of drug-likeness (QED) is 0.0799. The predicted octanol–water partition coefficient (Wildman–Crippen LogP) is 9.19. The van der Waals surface area contributed by atoms with Crippen LogP contribution >= 0.6 is 0 Å². The Morgan fingerprint density at radius 1 is 0.429 bits per heavy atom. The molecule has 0 saturated carbocycles. The Labute approximate surface area is 363 Å². The van der Waals surface area contributed by atoms with Crippen LogP contribution in [0.4, 0.5) is 0 Å².